The first-order valence-corrected chi connectivity index (χ1v) is 9.70. The largest absolute Gasteiger partial charge is 0.369 e. The fraction of sp³-hybridized carbons (Fsp3) is 0.444. The van der Waals surface area contributed by atoms with Crippen LogP contribution in [0.15, 0.2) is 28.7 Å². The molecule has 0 unspecified atom stereocenters. The van der Waals surface area contributed by atoms with Crippen molar-refractivity contribution in [1.29, 1.82) is 0 Å². The number of rotatable bonds is 3. The molecule has 0 aliphatic carbocycles. The molecule has 1 atom stereocenters. The number of carbonyl (C=O) groups is 2. The zero-order chi connectivity index (χ0) is 19.0. The van der Waals surface area contributed by atoms with Crippen molar-refractivity contribution in [2.75, 3.05) is 13.1 Å². The summed E-state index contributed by atoms with van der Waals surface area (Å²) in [7, 11) is 0. The highest BCUT2D eigenvalue weighted by atomic mass is 79.9. The van der Waals surface area contributed by atoms with Crippen molar-refractivity contribution in [3.8, 4) is 0 Å². The van der Waals surface area contributed by atoms with Gasteiger partial charge in [-0.3, -0.25) is 9.59 Å². The molecule has 4 rings (SSSR count). The molecule has 0 saturated carbocycles. The lowest BCUT2D eigenvalue weighted by atomic mass is 9.96. The standard InChI is InChI=1S/C18H20BrN5O3/c19-13-3-1-11(2-4-13)15-9-24-14(10-27-15)16(21-22-24)18(26)23-7-5-12(6-8-23)17(20)25/h1-4,12,15H,5-10H2,(H2,20,25)/t15-/m0/s1. The van der Waals surface area contributed by atoms with Crippen LogP contribution in [0, 0.1) is 5.92 Å². The second-order valence-corrected chi connectivity index (χ2v) is 7.80. The van der Waals surface area contributed by atoms with E-state index < -0.39 is 0 Å². The molecule has 142 valence electrons. The van der Waals surface area contributed by atoms with Gasteiger partial charge >= 0.3 is 0 Å². The molecular weight excluding hydrogens is 414 g/mol. The molecule has 1 aromatic heterocycles. The molecule has 1 fully saturated rings. The number of nitrogens with zero attached hydrogens (tertiary/aromatic N) is 4. The van der Waals surface area contributed by atoms with Crippen LogP contribution in [0.5, 0.6) is 0 Å². The average molecular weight is 434 g/mol. The fourth-order valence-electron chi connectivity index (χ4n) is 3.57. The SMILES string of the molecule is NC(=O)C1CCN(C(=O)c2nnn3c2CO[C@H](c2ccc(Br)cc2)C3)CC1. The number of hydrogen-bond donors (Lipinski definition) is 1. The number of carbonyl (C=O) groups excluding carboxylic acids is 2. The summed E-state index contributed by atoms with van der Waals surface area (Å²) in [5, 5.41) is 8.28. The highest BCUT2D eigenvalue weighted by molar-refractivity contribution is 9.10. The highest BCUT2D eigenvalue weighted by Gasteiger charge is 2.32. The maximum absolute atomic E-state index is 12.8. The van der Waals surface area contributed by atoms with Crippen LogP contribution < -0.4 is 5.73 Å². The first-order chi connectivity index (χ1) is 13.0. The topological polar surface area (TPSA) is 103 Å². The summed E-state index contributed by atoms with van der Waals surface area (Å²) < 4.78 is 8.73. The Kier molecular flexibility index (Phi) is 4.96. The van der Waals surface area contributed by atoms with Gasteiger partial charge in [-0.1, -0.05) is 33.3 Å². The molecule has 1 aromatic carbocycles. The zero-order valence-electron chi connectivity index (χ0n) is 14.7. The minimum atomic E-state index is -0.296. The summed E-state index contributed by atoms with van der Waals surface area (Å²) in [6, 6.07) is 7.96. The van der Waals surface area contributed by atoms with Gasteiger partial charge in [0.05, 0.1) is 18.8 Å². The molecule has 0 radical (unpaired) electrons. The first kappa shape index (κ1) is 18.1. The number of hydrogen-bond acceptors (Lipinski definition) is 5. The third kappa shape index (κ3) is 3.61. The van der Waals surface area contributed by atoms with Crippen LogP contribution in [0.4, 0.5) is 0 Å². The lowest BCUT2D eigenvalue weighted by molar-refractivity contribution is -0.123. The lowest BCUT2D eigenvalue weighted by Crippen LogP contribution is -2.42. The van der Waals surface area contributed by atoms with Crippen LogP contribution in [0.3, 0.4) is 0 Å². The van der Waals surface area contributed by atoms with Crippen molar-refractivity contribution in [3.05, 3.63) is 45.7 Å². The summed E-state index contributed by atoms with van der Waals surface area (Å²) in [5.41, 5.74) is 7.45. The minimum absolute atomic E-state index is 0.124. The van der Waals surface area contributed by atoms with Crippen LogP contribution in [-0.2, 0) is 22.7 Å². The van der Waals surface area contributed by atoms with Crippen LogP contribution in [-0.4, -0.2) is 44.8 Å². The normalized spacial score (nSPS) is 20.3. The molecule has 2 aliphatic heterocycles. The van der Waals surface area contributed by atoms with Crippen LogP contribution in [0.25, 0.3) is 0 Å². The summed E-state index contributed by atoms with van der Waals surface area (Å²) >= 11 is 3.43. The summed E-state index contributed by atoms with van der Waals surface area (Å²) in [6.07, 6.45) is 1.06. The summed E-state index contributed by atoms with van der Waals surface area (Å²) in [5.74, 6) is -0.613. The van der Waals surface area contributed by atoms with Crippen LogP contribution in [0.2, 0.25) is 0 Å². The summed E-state index contributed by atoms with van der Waals surface area (Å²) in [4.78, 5) is 25.8. The average Bonchev–Trinajstić information content (AvgIpc) is 3.11. The number of benzene rings is 1. The van der Waals surface area contributed by atoms with Crippen LogP contribution in [0.1, 0.15) is 40.7 Å². The molecule has 2 amide bonds. The van der Waals surface area contributed by atoms with Crippen molar-refractivity contribution in [2.24, 2.45) is 11.7 Å². The number of amides is 2. The van der Waals surface area contributed by atoms with Gasteiger partial charge in [0.2, 0.25) is 5.91 Å². The van der Waals surface area contributed by atoms with Crippen LogP contribution >= 0.6 is 15.9 Å². The van der Waals surface area contributed by atoms with Gasteiger partial charge in [-0.05, 0) is 30.5 Å². The van der Waals surface area contributed by atoms with Gasteiger partial charge in [-0.15, -0.1) is 5.10 Å². The van der Waals surface area contributed by atoms with Crippen molar-refractivity contribution in [1.82, 2.24) is 19.9 Å². The third-order valence-corrected chi connectivity index (χ3v) is 5.76. The van der Waals surface area contributed by atoms with E-state index in [9.17, 15) is 9.59 Å². The van der Waals surface area contributed by atoms with E-state index in [-0.39, 0.29) is 30.4 Å². The van der Waals surface area contributed by atoms with E-state index >= 15 is 0 Å². The van der Waals surface area contributed by atoms with Crippen molar-refractivity contribution in [2.45, 2.75) is 32.1 Å². The molecule has 2 aromatic rings. The lowest BCUT2D eigenvalue weighted by Gasteiger charge is -2.30. The van der Waals surface area contributed by atoms with E-state index in [1.165, 1.54) is 0 Å². The van der Waals surface area contributed by atoms with E-state index in [2.05, 4.69) is 26.2 Å². The van der Waals surface area contributed by atoms with Gasteiger partial charge in [0.15, 0.2) is 5.69 Å². The predicted octanol–water partition coefficient (Wildman–Crippen LogP) is 1.65. The van der Waals surface area contributed by atoms with Gasteiger partial charge in [0.1, 0.15) is 6.10 Å². The van der Waals surface area contributed by atoms with Gasteiger partial charge in [-0.2, -0.15) is 0 Å². The Morgan fingerprint density at radius 3 is 2.56 bits per heavy atom. The molecule has 27 heavy (non-hydrogen) atoms. The molecule has 8 nitrogen and oxygen atoms in total. The van der Waals surface area contributed by atoms with E-state index in [1.54, 1.807) is 9.58 Å². The van der Waals surface area contributed by atoms with E-state index in [0.29, 0.717) is 43.9 Å². The number of halogens is 1. The maximum Gasteiger partial charge on any atom is 0.276 e. The number of nitrogens with two attached hydrogens (primary N) is 1. The van der Waals surface area contributed by atoms with E-state index in [4.69, 9.17) is 10.5 Å². The van der Waals surface area contributed by atoms with E-state index in [0.717, 1.165) is 10.0 Å². The second kappa shape index (κ2) is 7.40. The Balaban J connectivity index is 1.46. The third-order valence-electron chi connectivity index (χ3n) is 5.23. The van der Waals surface area contributed by atoms with Gasteiger partial charge < -0.3 is 15.4 Å². The second-order valence-electron chi connectivity index (χ2n) is 6.89. The molecule has 1 saturated heterocycles. The Morgan fingerprint density at radius 1 is 1.19 bits per heavy atom. The van der Waals surface area contributed by atoms with Gasteiger partial charge in [0, 0.05) is 23.5 Å². The molecule has 0 bridgehead atoms. The number of ether oxygens (including phenoxy) is 1. The number of fused-ring (bicyclic) bond motifs is 1. The van der Waals surface area contributed by atoms with Crippen molar-refractivity contribution >= 4 is 27.7 Å². The first-order valence-electron chi connectivity index (χ1n) is 8.91. The Morgan fingerprint density at radius 2 is 1.89 bits per heavy atom. The van der Waals surface area contributed by atoms with E-state index in [1.807, 2.05) is 24.3 Å². The Hall–Kier alpha value is -2.26. The Bertz CT molecular complexity index is 858. The minimum Gasteiger partial charge on any atom is -0.369 e. The molecular formula is C18H20BrN5O3. The van der Waals surface area contributed by atoms with Gasteiger partial charge in [-0.25, -0.2) is 4.68 Å². The number of aromatic nitrogens is 3. The predicted molar refractivity (Wildman–Crippen MR) is 99.5 cm³/mol. The maximum atomic E-state index is 12.8. The van der Waals surface area contributed by atoms with Gasteiger partial charge in [0.25, 0.3) is 5.91 Å². The smallest absolute Gasteiger partial charge is 0.276 e. The monoisotopic (exact) mass is 433 g/mol. The fourth-order valence-corrected chi connectivity index (χ4v) is 3.84. The van der Waals surface area contributed by atoms with Crippen molar-refractivity contribution in [3.63, 3.8) is 0 Å². The molecule has 3 heterocycles. The number of primary amides is 1. The summed E-state index contributed by atoms with van der Waals surface area (Å²) in [6.45, 7) is 1.80. The number of likely N-dealkylation sites (tertiary alicyclic amines) is 1. The molecule has 2 aliphatic rings. The van der Waals surface area contributed by atoms with Crippen molar-refractivity contribution < 1.29 is 14.3 Å². The number of piperidine rings is 1. The molecule has 2 N–H and O–H groups in total. The highest BCUT2D eigenvalue weighted by Crippen LogP contribution is 2.28. The molecule has 9 heteroatoms. The molecule has 0 spiro atoms. The zero-order valence-corrected chi connectivity index (χ0v) is 16.3. The quantitative estimate of drug-likeness (QED) is 0.792. The Labute approximate surface area is 164 Å².